The van der Waals surface area contributed by atoms with E-state index in [-0.39, 0.29) is 5.91 Å². The molecule has 0 bridgehead atoms. The molecule has 2 atom stereocenters. The molecule has 1 amide bonds. The van der Waals surface area contributed by atoms with Crippen molar-refractivity contribution in [2.75, 3.05) is 52.5 Å². The van der Waals surface area contributed by atoms with Crippen LogP contribution in [0.2, 0.25) is 0 Å². The summed E-state index contributed by atoms with van der Waals surface area (Å²) >= 11 is 0. The second-order valence-electron chi connectivity index (χ2n) is 8.09. The molecule has 3 heterocycles. The minimum Gasteiger partial charge on any atom is -0.387 e. The standard InChI is InChI=1S/C18H31N3O3/c22-16(17(4-1-5-17)18(23)6-2-7-19-14-18)21-10-8-20(9-11-21)15-3-12-24-13-15/h15,19,23H,1-14H2. The number of carbonyl (C=O) groups is 1. The molecule has 3 aliphatic heterocycles. The fourth-order valence-electron chi connectivity index (χ4n) is 5.11. The van der Waals surface area contributed by atoms with Crippen molar-refractivity contribution < 1.29 is 14.6 Å². The molecule has 0 aromatic rings. The zero-order chi connectivity index (χ0) is 16.6. The van der Waals surface area contributed by atoms with Gasteiger partial charge < -0.3 is 20.1 Å². The second-order valence-corrected chi connectivity index (χ2v) is 8.09. The Morgan fingerprint density at radius 1 is 1.12 bits per heavy atom. The summed E-state index contributed by atoms with van der Waals surface area (Å²) in [6.07, 6.45) is 5.59. The van der Waals surface area contributed by atoms with Crippen molar-refractivity contribution in [1.29, 1.82) is 0 Å². The lowest BCUT2D eigenvalue weighted by molar-refractivity contribution is -0.182. The van der Waals surface area contributed by atoms with Crippen LogP contribution in [0.4, 0.5) is 0 Å². The van der Waals surface area contributed by atoms with Crippen LogP contribution < -0.4 is 5.32 Å². The van der Waals surface area contributed by atoms with Crippen LogP contribution in [0.25, 0.3) is 0 Å². The zero-order valence-electron chi connectivity index (χ0n) is 14.6. The molecule has 1 aliphatic carbocycles. The van der Waals surface area contributed by atoms with Crippen molar-refractivity contribution in [1.82, 2.24) is 15.1 Å². The lowest BCUT2D eigenvalue weighted by Crippen LogP contribution is -2.67. The average Bonchev–Trinajstić information content (AvgIpc) is 3.09. The summed E-state index contributed by atoms with van der Waals surface area (Å²) in [5.41, 5.74) is -1.38. The smallest absolute Gasteiger partial charge is 0.231 e. The fourth-order valence-corrected chi connectivity index (χ4v) is 5.11. The molecular formula is C18H31N3O3. The first kappa shape index (κ1) is 16.8. The number of aliphatic hydroxyl groups is 1. The molecule has 2 unspecified atom stereocenters. The molecule has 3 saturated heterocycles. The van der Waals surface area contributed by atoms with Crippen LogP contribution in [-0.4, -0.2) is 84.9 Å². The van der Waals surface area contributed by atoms with Gasteiger partial charge in [0.05, 0.1) is 17.6 Å². The average molecular weight is 337 g/mol. The Kier molecular flexibility index (Phi) is 4.58. The fraction of sp³-hybridized carbons (Fsp3) is 0.944. The minimum atomic E-state index is -0.850. The van der Waals surface area contributed by atoms with Crippen LogP contribution in [0, 0.1) is 5.41 Å². The van der Waals surface area contributed by atoms with Gasteiger partial charge in [0, 0.05) is 45.4 Å². The minimum absolute atomic E-state index is 0.210. The Morgan fingerprint density at radius 2 is 1.92 bits per heavy atom. The SMILES string of the molecule is O=C(N1CCN(C2CCOC2)CC1)C1(C2(O)CCCNC2)CCC1. The first-order valence-electron chi connectivity index (χ1n) is 9.69. The van der Waals surface area contributed by atoms with E-state index < -0.39 is 11.0 Å². The molecule has 136 valence electrons. The van der Waals surface area contributed by atoms with Gasteiger partial charge in [-0.3, -0.25) is 9.69 Å². The van der Waals surface area contributed by atoms with E-state index in [1.807, 2.05) is 4.90 Å². The van der Waals surface area contributed by atoms with Gasteiger partial charge in [-0.1, -0.05) is 6.42 Å². The lowest BCUT2D eigenvalue weighted by atomic mass is 9.56. The van der Waals surface area contributed by atoms with Crippen LogP contribution in [0.15, 0.2) is 0 Å². The van der Waals surface area contributed by atoms with Crippen molar-refractivity contribution >= 4 is 5.91 Å². The summed E-state index contributed by atoms with van der Waals surface area (Å²) in [4.78, 5) is 17.8. The predicted octanol–water partition coefficient (Wildman–Crippen LogP) is 0.204. The van der Waals surface area contributed by atoms with E-state index in [1.165, 1.54) is 0 Å². The number of piperazine rings is 1. The van der Waals surface area contributed by atoms with Crippen molar-refractivity contribution in [3.05, 3.63) is 0 Å². The van der Waals surface area contributed by atoms with Gasteiger partial charge in [-0.2, -0.15) is 0 Å². The summed E-state index contributed by atoms with van der Waals surface area (Å²) in [6, 6.07) is 0.534. The Hall–Kier alpha value is -0.690. The van der Waals surface area contributed by atoms with E-state index in [1.54, 1.807) is 0 Å². The van der Waals surface area contributed by atoms with Crippen LogP contribution in [-0.2, 0) is 9.53 Å². The van der Waals surface area contributed by atoms with E-state index >= 15 is 0 Å². The van der Waals surface area contributed by atoms with Gasteiger partial charge in [-0.25, -0.2) is 0 Å². The summed E-state index contributed by atoms with van der Waals surface area (Å²) in [7, 11) is 0. The number of ether oxygens (including phenoxy) is 1. The van der Waals surface area contributed by atoms with Gasteiger partial charge in [0.2, 0.25) is 5.91 Å². The van der Waals surface area contributed by atoms with E-state index in [0.29, 0.717) is 12.6 Å². The highest BCUT2D eigenvalue weighted by Gasteiger charge is 2.60. The highest BCUT2D eigenvalue weighted by Crippen LogP contribution is 2.52. The van der Waals surface area contributed by atoms with Crippen LogP contribution >= 0.6 is 0 Å². The van der Waals surface area contributed by atoms with E-state index in [0.717, 1.165) is 84.5 Å². The number of piperidine rings is 1. The number of rotatable bonds is 3. The molecule has 1 saturated carbocycles. The highest BCUT2D eigenvalue weighted by atomic mass is 16.5. The molecule has 2 N–H and O–H groups in total. The monoisotopic (exact) mass is 337 g/mol. The van der Waals surface area contributed by atoms with Gasteiger partial charge in [0.1, 0.15) is 0 Å². The molecule has 0 radical (unpaired) electrons. The van der Waals surface area contributed by atoms with Crippen molar-refractivity contribution in [2.24, 2.45) is 5.41 Å². The van der Waals surface area contributed by atoms with Crippen LogP contribution in [0.1, 0.15) is 38.5 Å². The van der Waals surface area contributed by atoms with Crippen LogP contribution in [0.5, 0.6) is 0 Å². The predicted molar refractivity (Wildman–Crippen MR) is 90.7 cm³/mol. The first-order valence-corrected chi connectivity index (χ1v) is 9.69. The molecule has 4 aliphatic rings. The molecule has 0 spiro atoms. The van der Waals surface area contributed by atoms with Crippen LogP contribution in [0.3, 0.4) is 0 Å². The van der Waals surface area contributed by atoms with Crippen molar-refractivity contribution in [3.63, 3.8) is 0 Å². The Bertz CT molecular complexity index is 460. The molecule has 0 aromatic heterocycles. The van der Waals surface area contributed by atoms with Crippen molar-refractivity contribution in [2.45, 2.75) is 50.2 Å². The number of β-amino-alcohol motifs (C(OH)–C–C–N with tert-alkyl or cyclic N) is 1. The van der Waals surface area contributed by atoms with Gasteiger partial charge >= 0.3 is 0 Å². The molecular weight excluding hydrogens is 306 g/mol. The van der Waals surface area contributed by atoms with E-state index in [9.17, 15) is 9.90 Å². The highest BCUT2D eigenvalue weighted by molar-refractivity contribution is 5.85. The van der Waals surface area contributed by atoms with Gasteiger partial charge in [0.25, 0.3) is 0 Å². The molecule has 6 nitrogen and oxygen atoms in total. The Balaban J connectivity index is 1.41. The third kappa shape index (κ3) is 2.68. The summed E-state index contributed by atoms with van der Waals surface area (Å²) in [6.45, 7) is 6.68. The number of carbonyl (C=O) groups excluding carboxylic acids is 1. The normalized spacial score (nSPS) is 37.2. The number of amides is 1. The maximum absolute atomic E-state index is 13.3. The topological polar surface area (TPSA) is 65.0 Å². The number of hydrogen-bond donors (Lipinski definition) is 2. The number of hydrogen-bond acceptors (Lipinski definition) is 5. The number of nitrogens with one attached hydrogen (secondary N) is 1. The molecule has 4 fully saturated rings. The third-order valence-corrected chi connectivity index (χ3v) is 6.89. The van der Waals surface area contributed by atoms with E-state index in [4.69, 9.17) is 4.74 Å². The maximum Gasteiger partial charge on any atom is 0.231 e. The second kappa shape index (κ2) is 6.56. The zero-order valence-corrected chi connectivity index (χ0v) is 14.6. The maximum atomic E-state index is 13.3. The molecule has 6 heteroatoms. The molecule has 4 rings (SSSR count). The third-order valence-electron chi connectivity index (χ3n) is 6.89. The first-order chi connectivity index (χ1) is 11.6. The quantitative estimate of drug-likeness (QED) is 0.770. The molecule has 24 heavy (non-hydrogen) atoms. The lowest BCUT2D eigenvalue weighted by Gasteiger charge is -2.55. The van der Waals surface area contributed by atoms with Crippen molar-refractivity contribution in [3.8, 4) is 0 Å². The van der Waals surface area contributed by atoms with Gasteiger partial charge in [-0.05, 0) is 38.6 Å². The summed E-state index contributed by atoms with van der Waals surface area (Å²) in [5, 5.41) is 14.5. The Labute approximate surface area is 144 Å². The van der Waals surface area contributed by atoms with Gasteiger partial charge in [0.15, 0.2) is 0 Å². The Morgan fingerprint density at radius 3 is 2.46 bits per heavy atom. The number of nitrogens with zero attached hydrogens (tertiary/aromatic N) is 2. The summed E-state index contributed by atoms with van der Waals surface area (Å²) in [5.74, 6) is 0.210. The molecule has 0 aromatic carbocycles. The van der Waals surface area contributed by atoms with Gasteiger partial charge in [-0.15, -0.1) is 0 Å². The summed E-state index contributed by atoms with van der Waals surface area (Å²) < 4.78 is 5.50. The van der Waals surface area contributed by atoms with E-state index in [2.05, 4.69) is 10.2 Å². The largest absolute Gasteiger partial charge is 0.387 e.